The highest BCUT2D eigenvalue weighted by atomic mass is 16.2. The number of fused-ring (bicyclic) bond motifs is 1. The molecule has 1 amide bonds. The summed E-state index contributed by atoms with van der Waals surface area (Å²) >= 11 is 0. The van der Waals surface area contributed by atoms with Gasteiger partial charge in [0.1, 0.15) is 6.54 Å². The van der Waals surface area contributed by atoms with Crippen LogP contribution < -0.4 is 10.9 Å². The first-order chi connectivity index (χ1) is 12.4. The molecule has 0 aliphatic rings. The second-order valence-electron chi connectivity index (χ2n) is 6.58. The van der Waals surface area contributed by atoms with Crippen molar-refractivity contribution >= 4 is 22.4 Å². The maximum atomic E-state index is 12.6. The third-order valence-electron chi connectivity index (χ3n) is 4.06. The topological polar surface area (TPSA) is 67.2 Å². The van der Waals surface area contributed by atoms with Gasteiger partial charge in [0.2, 0.25) is 5.91 Å². The molecule has 0 unspecified atom stereocenters. The van der Waals surface area contributed by atoms with Gasteiger partial charge in [0.15, 0.2) is 0 Å². The number of aromatic nitrogens is 2. The van der Waals surface area contributed by atoms with E-state index in [0.29, 0.717) is 11.1 Å². The van der Waals surface area contributed by atoms with Crippen molar-refractivity contribution in [2.24, 2.45) is 0 Å². The lowest BCUT2D eigenvalue weighted by Crippen LogP contribution is -2.30. The van der Waals surface area contributed by atoms with Gasteiger partial charge in [-0.05, 0) is 44.8 Å². The number of anilines is 1. The summed E-state index contributed by atoms with van der Waals surface area (Å²) in [6.07, 6.45) is 0. The van der Waals surface area contributed by atoms with Crippen LogP contribution in [0.1, 0.15) is 11.3 Å². The van der Waals surface area contributed by atoms with Crippen LogP contribution in [0.25, 0.3) is 10.8 Å². The quantitative estimate of drug-likeness (QED) is 0.767. The monoisotopic (exact) mass is 350 g/mol. The number of aryl methyl sites for hydroxylation is 1. The number of rotatable bonds is 5. The van der Waals surface area contributed by atoms with Crippen LogP contribution in [0.2, 0.25) is 0 Å². The molecule has 1 N–H and O–H groups in total. The Morgan fingerprint density at radius 1 is 1.12 bits per heavy atom. The number of hydrogen-bond donors (Lipinski definition) is 1. The first kappa shape index (κ1) is 17.8. The Labute approximate surface area is 152 Å². The van der Waals surface area contributed by atoms with Gasteiger partial charge in [-0.15, -0.1) is 0 Å². The van der Waals surface area contributed by atoms with Crippen molar-refractivity contribution in [3.8, 4) is 0 Å². The molecule has 1 aromatic heterocycles. The first-order valence-corrected chi connectivity index (χ1v) is 8.44. The molecule has 26 heavy (non-hydrogen) atoms. The minimum Gasteiger partial charge on any atom is -0.324 e. The van der Waals surface area contributed by atoms with E-state index in [-0.39, 0.29) is 18.0 Å². The fourth-order valence-electron chi connectivity index (χ4n) is 2.96. The molecule has 0 aliphatic heterocycles. The van der Waals surface area contributed by atoms with Crippen LogP contribution in [0.5, 0.6) is 0 Å². The van der Waals surface area contributed by atoms with Crippen LogP contribution in [-0.4, -0.2) is 34.7 Å². The minimum atomic E-state index is -0.281. The molecule has 0 bridgehead atoms. The van der Waals surface area contributed by atoms with Crippen molar-refractivity contribution in [2.75, 3.05) is 19.4 Å². The SMILES string of the molecule is Cc1nn(CC(=O)Nc2cccc(CN(C)C)c2)c(=O)c2ccccc12. The van der Waals surface area contributed by atoms with Crippen molar-refractivity contribution in [1.82, 2.24) is 14.7 Å². The van der Waals surface area contributed by atoms with Gasteiger partial charge in [-0.3, -0.25) is 9.59 Å². The average molecular weight is 350 g/mol. The highest BCUT2D eigenvalue weighted by Crippen LogP contribution is 2.13. The summed E-state index contributed by atoms with van der Waals surface area (Å²) in [5.74, 6) is -0.281. The van der Waals surface area contributed by atoms with Crippen LogP contribution in [0, 0.1) is 6.92 Å². The molecule has 6 heteroatoms. The van der Waals surface area contributed by atoms with Gasteiger partial charge < -0.3 is 10.2 Å². The van der Waals surface area contributed by atoms with Crippen molar-refractivity contribution in [3.05, 3.63) is 70.1 Å². The lowest BCUT2D eigenvalue weighted by atomic mass is 10.1. The molecule has 134 valence electrons. The van der Waals surface area contributed by atoms with Crippen LogP contribution in [0.4, 0.5) is 5.69 Å². The fourth-order valence-corrected chi connectivity index (χ4v) is 2.96. The predicted octanol–water partition coefficient (Wildman–Crippen LogP) is 2.41. The Morgan fingerprint density at radius 2 is 1.85 bits per heavy atom. The molecule has 1 heterocycles. The van der Waals surface area contributed by atoms with E-state index in [1.165, 1.54) is 4.68 Å². The third kappa shape index (κ3) is 3.97. The normalized spacial score (nSPS) is 11.1. The number of nitrogens with zero attached hydrogens (tertiary/aromatic N) is 3. The van der Waals surface area contributed by atoms with Crippen molar-refractivity contribution < 1.29 is 4.79 Å². The molecule has 0 radical (unpaired) electrons. The molecule has 3 aromatic rings. The summed E-state index contributed by atoms with van der Waals surface area (Å²) < 4.78 is 1.22. The van der Waals surface area contributed by atoms with Crippen LogP contribution in [0.3, 0.4) is 0 Å². The van der Waals surface area contributed by atoms with Gasteiger partial charge in [0, 0.05) is 17.6 Å². The number of carbonyl (C=O) groups excluding carboxylic acids is 1. The molecular weight excluding hydrogens is 328 g/mol. The lowest BCUT2D eigenvalue weighted by molar-refractivity contribution is -0.117. The predicted molar refractivity (Wildman–Crippen MR) is 103 cm³/mol. The first-order valence-electron chi connectivity index (χ1n) is 8.44. The molecule has 0 atom stereocenters. The third-order valence-corrected chi connectivity index (χ3v) is 4.06. The molecule has 3 rings (SSSR count). The van der Waals surface area contributed by atoms with E-state index in [1.54, 1.807) is 6.07 Å². The second kappa shape index (κ2) is 7.49. The molecule has 0 aliphatic carbocycles. The molecular formula is C20H22N4O2. The summed E-state index contributed by atoms with van der Waals surface area (Å²) in [5, 5.41) is 8.50. The fraction of sp³-hybridized carbons (Fsp3) is 0.250. The minimum absolute atomic E-state index is 0.123. The average Bonchev–Trinajstić information content (AvgIpc) is 2.59. The van der Waals surface area contributed by atoms with Crippen LogP contribution in [-0.2, 0) is 17.9 Å². The number of hydrogen-bond acceptors (Lipinski definition) is 4. The molecule has 6 nitrogen and oxygen atoms in total. The van der Waals surface area contributed by atoms with E-state index < -0.39 is 0 Å². The number of carbonyl (C=O) groups is 1. The van der Waals surface area contributed by atoms with E-state index in [2.05, 4.69) is 15.3 Å². The molecule has 0 saturated carbocycles. The van der Waals surface area contributed by atoms with Crippen molar-refractivity contribution in [1.29, 1.82) is 0 Å². The van der Waals surface area contributed by atoms with E-state index in [9.17, 15) is 9.59 Å². The summed E-state index contributed by atoms with van der Waals surface area (Å²) in [6.45, 7) is 2.50. The smallest absolute Gasteiger partial charge is 0.275 e. The Hall–Kier alpha value is -2.99. The second-order valence-corrected chi connectivity index (χ2v) is 6.58. The number of amides is 1. The van der Waals surface area contributed by atoms with Crippen molar-refractivity contribution in [3.63, 3.8) is 0 Å². The number of benzene rings is 2. The Morgan fingerprint density at radius 3 is 2.58 bits per heavy atom. The van der Waals surface area contributed by atoms with Crippen LogP contribution >= 0.6 is 0 Å². The van der Waals surface area contributed by atoms with Gasteiger partial charge in [-0.2, -0.15) is 5.10 Å². The Balaban J connectivity index is 1.80. The summed E-state index contributed by atoms with van der Waals surface area (Å²) in [6, 6.07) is 15.0. The van der Waals surface area contributed by atoms with E-state index in [0.717, 1.165) is 23.2 Å². The van der Waals surface area contributed by atoms with Gasteiger partial charge in [0.25, 0.3) is 5.56 Å². The zero-order valence-electron chi connectivity index (χ0n) is 15.2. The van der Waals surface area contributed by atoms with Gasteiger partial charge in [0.05, 0.1) is 11.1 Å². The van der Waals surface area contributed by atoms with Gasteiger partial charge >= 0.3 is 0 Å². The van der Waals surface area contributed by atoms with Crippen LogP contribution in [0.15, 0.2) is 53.3 Å². The maximum absolute atomic E-state index is 12.6. The summed E-state index contributed by atoms with van der Waals surface area (Å²) in [5.41, 5.74) is 2.27. The molecule has 0 fully saturated rings. The Bertz CT molecular complexity index is 1010. The summed E-state index contributed by atoms with van der Waals surface area (Å²) in [4.78, 5) is 27.0. The Kier molecular flexibility index (Phi) is 5.14. The van der Waals surface area contributed by atoms with Gasteiger partial charge in [-0.25, -0.2) is 4.68 Å². The van der Waals surface area contributed by atoms with E-state index in [4.69, 9.17) is 0 Å². The van der Waals surface area contributed by atoms with Crippen molar-refractivity contribution in [2.45, 2.75) is 20.0 Å². The maximum Gasteiger partial charge on any atom is 0.275 e. The zero-order valence-corrected chi connectivity index (χ0v) is 15.2. The highest BCUT2D eigenvalue weighted by Gasteiger charge is 2.11. The van der Waals surface area contributed by atoms with Gasteiger partial charge in [-0.1, -0.05) is 30.3 Å². The standard InChI is InChI=1S/C20H22N4O2/c1-14-17-9-4-5-10-18(17)20(26)24(22-14)13-19(25)21-16-8-6-7-15(11-16)12-23(2)3/h4-11H,12-13H2,1-3H3,(H,21,25). The molecule has 0 saturated heterocycles. The van der Waals surface area contributed by atoms with E-state index in [1.807, 2.05) is 63.5 Å². The largest absolute Gasteiger partial charge is 0.324 e. The summed E-state index contributed by atoms with van der Waals surface area (Å²) in [7, 11) is 3.98. The lowest BCUT2D eigenvalue weighted by Gasteiger charge is -2.12. The van der Waals surface area contributed by atoms with E-state index >= 15 is 0 Å². The number of nitrogens with one attached hydrogen (secondary N) is 1. The zero-order chi connectivity index (χ0) is 18.7. The molecule has 0 spiro atoms. The molecule has 2 aromatic carbocycles. The highest BCUT2D eigenvalue weighted by molar-refractivity contribution is 5.91.